The van der Waals surface area contributed by atoms with Gasteiger partial charge >= 0.3 is 0 Å². The highest BCUT2D eigenvalue weighted by Crippen LogP contribution is 2.31. The van der Waals surface area contributed by atoms with Gasteiger partial charge in [-0.3, -0.25) is 24.6 Å². The summed E-state index contributed by atoms with van der Waals surface area (Å²) in [5.41, 5.74) is 11.1. The molecule has 2 aromatic rings. The van der Waals surface area contributed by atoms with Gasteiger partial charge < -0.3 is 11.5 Å². The average Bonchev–Trinajstić information content (AvgIpc) is 3.07. The molecule has 0 aliphatic rings. The molecule has 10 nitrogen and oxygen atoms in total. The lowest BCUT2D eigenvalue weighted by molar-refractivity contribution is -0.144. The second-order valence-corrected chi connectivity index (χ2v) is 7.71. The molecule has 0 unspecified atom stereocenters. The van der Waals surface area contributed by atoms with E-state index in [0.29, 0.717) is 10.5 Å². The fourth-order valence-electron chi connectivity index (χ4n) is 3.14. The van der Waals surface area contributed by atoms with E-state index in [1.165, 1.54) is 4.52 Å². The highest BCUT2D eigenvalue weighted by molar-refractivity contribution is 6.29. The van der Waals surface area contributed by atoms with Crippen molar-refractivity contribution < 1.29 is 23.6 Å². The Morgan fingerprint density at radius 2 is 1.94 bits per heavy atom. The smallest absolute Gasteiger partial charge is 0.291 e. The second-order valence-electron chi connectivity index (χ2n) is 7.32. The third-order valence-electron chi connectivity index (χ3n) is 4.46. The van der Waals surface area contributed by atoms with E-state index in [9.17, 15) is 23.6 Å². The van der Waals surface area contributed by atoms with Crippen molar-refractivity contribution in [1.82, 2.24) is 20.0 Å². The van der Waals surface area contributed by atoms with Gasteiger partial charge in [0.15, 0.2) is 5.69 Å². The van der Waals surface area contributed by atoms with Crippen LogP contribution in [-0.4, -0.2) is 50.4 Å². The van der Waals surface area contributed by atoms with Crippen molar-refractivity contribution in [1.29, 1.82) is 0 Å². The lowest BCUT2D eigenvalue weighted by atomic mass is 9.88. The summed E-state index contributed by atoms with van der Waals surface area (Å²) in [6.07, 6.45) is 1.54. The number of carbonyl (C=O) groups excluding carboxylic acids is 4. The van der Waals surface area contributed by atoms with E-state index in [4.69, 9.17) is 23.1 Å². The largest absolute Gasteiger partial charge is 0.370 e. The molecule has 2 aromatic heterocycles. The van der Waals surface area contributed by atoms with Crippen LogP contribution in [0.25, 0.3) is 5.52 Å². The fourth-order valence-corrected chi connectivity index (χ4v) is 3.26. The molecule has 0 fully saturated rings. The molecule has 12 heteroatoms. The molecular formula is C19H24ClFN6O4. The number of primary amides is 2. The Hall–Kier alpha value is -3.21. The van der Waals surface area contributed by atoms with Crippen molar-refractivity contribution in [3.8, 4) is 0 Å². The van der Waals surface area contributed by atoms with Gasteiger partial charge in [-0.05, 0) is 24.5 Å². The van der Waals surface area contributed by atoms with E-state index in [0.717, 1.165) is 0 Å². The van der Waals surface area contributed by atoms with E-state index >= 15 is 0 Å². The van der Waals surface area contributed by atoms with Gasteiger partial charge in [0.2, 0.25) is 11.8 Å². The zero-order valence-electron chi connectivity index (χ0n) is 17.0. The Labute approximate surface area is 182 Å². The quantitative estimate of drug-likeness (QED) is 0.378. The average molecular weight is 455 g/mol. The van der Waals surface area contributed by atoms with Gasteiger partial charge in [-0.15, -0.1) is 0 Å². The van der Waals surface area contributed by atoms with Crippen molar-refractivity contribution >= 4 is 40.7 Å². The molecule has 0 bridgehead atoms. The predicted octanol–water partition coefficient (Wildman–Crippen LogP) is 0.833. The minimum Gasteiger partial charge on any atom is -0.370 e. The molecule has 4 amide bonds. The first kappa shape index (κ1) is 24.1. The second kappa shape index (κ2) is 10.2. The van der Waals surface area contributed by atoms with Crippen molar-refractivity contribution in [2.75, 3.05) is 6.54 Å². The van der Waals surface area contributed by atoms with Crippen LogP contribution in [0.5, 0.6) is 0 Å². The number of pyridine rings is 1. The van der Waals surface area contributed by atoms with Crippen molar-refractivity contribution in [3.63, 3.8) is 0 Å². The molecule has 0 saturated carbocycles. The van der Waals surface area contributed by atoms with Gasteiger partial charge in [-0.2, -0.15) is 5.10 Å². The van der Waals surface area contributed by atoms with Crippen LogP contribution in [0.2, 0.25) is 0 Å². The Balaban J connectivity index is 2.48. The molecule has 2 heterocycles. The monoisotopic (exact) mass is 454 g/mol. The summed E-state index contributed by atoms with van der Waals surface area (Å²) >= 11 is 5.23. The Kier molecular flexibility index (Phi) is 7.92. The number of alkyl halides is 2. The summed E-state index contributed by atoms with van der Waals surface area (Å²) in [6.45, 7) is 3.35. The number of hydrogen-bond donors (Lipinski definition) is 3. The molecule has 5 N–H and O–H groups in total. The number of nitrogens with zero attached hydrogens (tertiary/aromatic N) is 3. The summed E-state index contributed by atoms with van der Waals surface area (Å²) in [6, 6.07) is 5.07. The number of nitrogens with two attached hydrogens (primary N) is 2. The SMILES string of the molecule is CC(C)C[C@H](C(=O)NN(CCC(N)=O)C(=O)[C@H](F)Cl)c1c(C(N)=O)nn2ccccc12. The third-order valence-corrected chi connectivity index (χ3v) is 4.65. The number of hydrazine groups is 1. The molecular weight excluding hydrogens is 431 g/mol. The van der Waals surface area contributed by atoms with Crippen LogP contribution in [0.3, 0.4) is 0 Å². The lowest BCUT2D eigenvalue weighted by Gasteiger charge is -2.26. The summed E-state index contributed by atoms with van der Waals surface area (Å²) < 4.78 is 14.8. The Morgan fingerprint density at radius 3 is 2.48 bits per heavy atom. The predicted molar refractivity (Wildman–Crippen MR) is 110 cm³/mol. The van der Waals surface area contributed by atoms with Crippen molar-refractivity contribution in [3.05, 3.63) is 35.7 Å². The molecule has 0 aliphatic carbocycles. The molecule has 0 spiro atoms. The van der Waals surface area contributed by atoms with Crippen LogP contribution in [-0.2, 0) is 14.4 Å². The van der Waals surface area contributed by atoms with Gasteiger partial charge in [-0.25, -0.2) is 13.9 Å². The first-order chi connectivity index (χ1) is 14.5. The molecule has 168 valence electrons. The van der Waals surface area contributed by atoms with Crippen LogP contribution < -0.4 is 16.9 Å². The van der Waals surface area contributed by atoms with Gasteiger partial charge in [0.1, 0.15) is 0 Å². The van der Waals surface area contributed by atoms with Crippen LogP contribution in [0, 0.1) is 5.92 Å². The van der Waals surface area contributed by atoms with Crippen molar-refractivity contribution in [2.45, 2.75) is 38.2 Å². The number of rotatable bonds is 9. The zero-order valence-corrected chi connectivity index (χ0v) is 17.8. The number of carbonyl (C=O) groups is 4. The highest BCUT2D eigenvalue weighted by atomic mass is 35.5. The van der Waals surface area contributed by atoms with Crippen LogP contribution in [0.15, 0.2) is 24.4 Å². The summed E-state index contributed by atoms with van der Waals surface area (Å²) in [4.78, 5) is 48.4. The third kappa shape index (κ3) is 5.91. The molecule has 0 saturated heterocycles. The zero-order chi connectivity index (χ0) is 23.3. The molecule has 31 heavy (non-hydrogen) atoms. The standard InChI is InChI=1S/C19H24ClFN6O4/c1-10(2)9-11(14-12-5-3-4-7-26(12)24-15(14)17(23)29)18(30)25-27(8-6-13(22)28)19(31)16(20)21/h3-5,7,10-11,16H,6,8-9H2,1-2H3,(H2,22,28)(H2,23,29)(H,25,30)/t11-,16-/m0/s1. The van der Waals surface area contributed by atoms with Gasteiger partial charge in [-0.1, -0.05) is 31.5 Å². The number of amides is 4. The van der Waals surface area contributed by atoms with Gasteiger partial charge in [0.05, 0.1) is 18.0 Å². The normalized spacial score (nSPS) is 13.1. The van der Waals surface area contributed by atoms with E-state index < -0.39 is 35.2 Å². The summed E-state index contributed by atoms with van der Waals surface area (Å²) in [7, 11) is 0. The number of fused-ring (bicyclic) bond motifs is 1. The van der Waals surface area contributed by atoms with Gasteiger partial charge in [0, 0.05) is 18.2 Å². The maximum absolute atomic E-state index is 13.4. The molecule has 0 aromatic carbocycles. The first-order valence-corrected chi connectivity index (χ1v) is 9.92. The fraction of sp³-hybridized carbons (Fsp3) is 0.421. The van der Waals surface area contributed by atoms with Crippen LogP contribution in [0.1, 0.15) is 48.7 Å². The van der Waals surface area contributed by atoms with Crippen LogP contribution >= 0.6 is 11.6 Å². The Morgan fingerprint density at radius 1 is 1.26 bits per heavy atom. The number of hydrogen-bond acceptors (Lipinski definition) is 5. The topological polar surface area (TPSA) is 153 Å². The lowest BCUT2D eigenvalue weighted by Crippen LogP contribution is -2.51. The number of halogens is 2. The van der Waals surface area contributed by atoms with E-state index in [2.05, 4.69) is 10.5 Å². The van der Waals surface area contributed by atoms with E-state index in [1.807, 2.05) is 13.8 Å². The number of nitrogens with one attached hydrogen (secondary N) is 1. The minimum atomic E-state index is -2.44. The first-order valence-electron chi connectivity index (χ1n) is 9.48. The molecule has 0 aliphatic heterocycles. The van der Waals surface area contributed by atoms with Crippen LogP contribution in [0.4, 0.5) is 4.39 Å². The van der Waals surface area contributed by atoms with Crippen molar-refractivity contribution in [2.24, 2.45) is 17.4 Å². The van der Waals surface area contributed by atoms with Gasteiger partial charge in [0.25, 0.3) is 17.4 Å². The van der Waals surface area contributed by atoms with E-state index in [1.54, 1.807) is 24.4 Å². The Bertz CT molecular complexity index is 993. The number of aromatic nitrogens is 2. The molecule has 2 atom stereocenters. The molecule has 0 radical (unpaired) electrons. The maximum Gasteiger partial charge on any atom is 0.291 e. The highest BCUT2D eigenvalue weighted by Gasteiger charge is 2.33. The summed E-state index contributed by atoms with van der Waals surface area (Å²) in [5.74, 6) is -4.52. The van der Waals surface area contributed by atoms with E-state index in [-0.39, 0.29) is 36.6 Å². The summed E-state index contributed by atoms with van der Waals surface area (Å²) in [5, 5.41) is 4.77. The molecule has 2 rings (SSSR count). The maximum atomic E-state index is 13.4. The minimum absolute atomic E-state index is 0.00754.